The van der Waals surface area contributed by atoms with Crippen molar-refractivity contribution >= 4 is 49.1 Å². The Morgan fingerprint density at radius 1 is 1.06 bits per heavy atom. The maximum atomic E-state index is 13.3. The molecule has 5 rings (SSSR count). The summed E-state index contributed by atoms with van der Waals surface area (Å²) >= 11 is 0. The van der Waals surface area contributed by atoms with Crippen LogP contribution >= 0.6 is 0 Å². The Labute approximate surface area is 191 Å². The molecule has 1 amide bonds. The molecule has 7 nitrogen and oxygen atoms in total. The van der Waals surface area contributed by atoms with Gasteiger partial charge in [0.15, 0.2) is 9.84 Å². The molecule has 1 saturated heterocycles. The first-order chi connectivity index (χ1) is 15.9. The summed E-state index contributed by atoms with van der Waals surface area (Å²) in [6, 6.07) is 20.3. The minimum atomic E-state index is -3.14. The summed E-state index contributed by atoms with van der Waals surface area (Å²) in [7, 11) is -1.56. The van der Waals surface area contributed by atoms with Crippen LogP contribution in [0.4, 0.5) is 11.4 Å². The number of ether oxygens (including phenoxy) is 1. The van der Waals surface area contributed by atoms with E-state index < -0.39 is 9.84 Å². The van der Waals surface area contributed by atoms with Crippen LogP contribution in [0.2, 0.25) is 0 Å². The van der Waals surface area contributed by atoms with Crippen LogP contribution < -0.4 is 15.0 Å². The number of rotatable bonds is 6. The molecule has 0 aliphatic carbocycles. The lowest BCUT2D eigenvalue weighted by atomic mass is 10.1. The first-order valence-electron chi connectivity index (χ1n) is 10.8. The summed E-state index contributed by atoms with van der Waals surface area (Å²) in [5, 5.41) is 5.09. The van der Waals surface area contributed by atoms with Crippen molar-refractivity contribution < 1.29 is 22.4 Å². The summed E-state index contributed by atoms with van der Waals surface area (Å²) in [4.78, 5) is 14.9. The van der Waals surface area contributed by atoms with Gasteiger partial charge in [0, 0.05) is 22.5 Å². The Hall–Kier alpha value is -3.52. The van der Waals surface area contributed by atoms with Crippen molar-refractivity contribution in [2.75, 3.05) is 35.4 Å². The van der Waals surface area contributed by atoms with E-state index in [1.54, 1.807) is 12.0 Å². The molecule has 0 spiro atoms. The van der Waals surface area contributed by atoms with Crippen LogP contribution in [0.3, 0.4) is 0 Å². The van der Waals surface area contributed by atoms with Crippen molar-refractivity contribution in [3.05, 3.63) is 66.7 Å². The van der Waals surface area contributed by atoms with Gasteiger partial charge in [-0.05, 0) is 30.7 Å². The number of sulfone groups is 1. The summed E-state index contributed by atoms with van der Waals surface area (Å²) in [6.07, 6.45) is 0.428. The Balaban J connectivity index is 1.43. The minimum Gasteiger partial charge on any atom is -0.495 e. The molecule has 3 aromatic carbocycles. The van der Waals surface area contributed by atoms with Crippen LogP contribution in [0.1, 0.15) is 6.42 Å². The molecule has 8 heteroatoms. The number of nitrogens with one attached hydrogen (secondary N) is 1. The molecule has 1 aliphatic rings. The summed E-state index contributed by atoms with van der Waals surface area (Å²) < 4.78 is 35.7. The highest BCUT2D eigenvalue weighted by Crippen LogP contribution is 2.36. The third-order valence-electron chi connectivity index (χ3n) is 6.01. The molecule has 1 fully saturated rings. The number of furan rings is 1. The molecule has 0 saturated carbocycles. The van der Waals surface area contributed by atoms with Gasteiger partial charge in [-0.15, -0.1) is 0 Å². The number of benzene rings is 3. The van der Waals surface area contributed by atoms with E-state index in [0.717, 1.165) is 16.4 Å². The van der Waals surface area contributed by atoms with E-state index >= 15 is 0 Å². The number of fused-ring (bicyclic) bond motifs is 3. The zero-order valence-corrected chi connectivity index (χ0v) is 19.0. The Kier molecular flexibility index (Phi) is 5.46. The van der Waals surface area contributed by atoms with Gasteiger partial charge in [-0.3, -0.25) is 4.79 Å². The number of para-hydroxylation sites is 2. The van der Waals surface area contributed by atoms with Gasteiger partial charge in [0.25, 0.3) is 0 Å². The number of hydrogen-bond donors (Lipinski definition) is 1. The fourth-order valence-corrected chi connectivity index (χ4v) is 6.14. The Bertz CT molecular complexity index is 1430. The number of carbonyl (C=O) groups excluding carboxylic acids is 1. The van der Waals surface area contributed by atoms with Crippen molar-refractivity contribution in [3.8, 4) is 5.75 Å². The number of carbonyl (C=O) groups is 1. The van der Waals surface area contributed by atoms with Crippen molar-refractivity contribution in [1.29, 1.82) is 0 Å². The highest BCUT2D eigenvalue weighted by molar-refractivity contribution is 7.91. The molecule has 1 atom stereocenters. The van der Waals surface area contributed by atoms with Gasteiger partial charge >= 0.3 is 0 Å². The largest absolute Gasteiger partial charge is 0.495 e. The number of anilines is 2. The second kappa shape index (κ2) is 8.44. The summed E-state index contributed by atoms with van der Waals surface area (Å²) in [5.74, 6) is 0.451. The molecule has 0 bridgehead atoms. The van der Waals surface area contributed by atoms with Crippen LogP contribution in [0.5, 0.6) is 5.75 Å². The van der Waals surface area contributed by atoms with Crippen molar-refractivity contribution in [2.45, 2.75) is 12.5 Å². The molecule has 1 N–H and O–H groups in total. The lowest BCUT2D eigenvalue weighted by Crippen LogP contribution is -2.44. The SMILES string of the molecule is COc1cc2c(cc1NCC(=O)N(c1ccccc1)[C@@H]1CCS(=O)(=O)C1)oc1ccccc12. The van der Waals surface area contributed by atoms with Crippen LogP contribution in [-0.2, 0) is 14.6 Å². The summed E-state index contributed by atoms with van der Waals surface area (Å²) in [5.41, 5.74) is 2.78. The van der Waals surface area contributed by atoms with Crippen LogP contribution in [0, 0.1) is 0 Å². The number of methoxy groups -OCH3 is 1. The van der Waals surface area contributed by atoms with Crippen molar-refractivity contribution in [2.24, 2.45) is 0 Å². The lowest BCUT2D eigenvalue weighted by molar-refractivity contribution is -0.117. The minimum absolute atomic E-state index is 0.0203. The van der Waals surface area contributed by atoms with E-state index in [9.17, 15) is 13.2 Å². The van der Waals surface area contributed by atoms with E-state index in [1.807, 2.05) is 66.7 Å². The topological polar surface area (TPSA) is 88.9 Å². The van der Waals surface area contributed by atoms with Gasteiger partial charge in [-0.1, -0.05) is 36.4 Å². The van der Waals surface area contributed by atoms with Gasteiger partial charge in [0.2, 0.25) is 5.91 Å². The standard InChI is InChI=1S/C25H24N2O5S/c1-31-24-13-20-19-9-5-6-10-22(19)32-23(20)14-21(24)26-15-25(28)27(17-7-3-2-4-8-17)18-11-12-33(29,30)16-18/h2-10,13-14,18,26H,11-12,15-16H2,1H3/t18-/m1/s1. The summed E-state index contributed by atoms with van der Waals surface area (Å²) in [6.45, 7) is -0.0203. The fraction of sp³-hybridized carbons (Fsp3) is 0.240. The van der Waals surface area contributed by atoms with Gasteiger partial charge < -0.3 is 19.4 Å². The molecule has 1 aliphatic heterocycles. The molecule has 0 unspecified atom stereocenters. The average molecular weight is 465 g/mol. The molecular formula is C25H24N2O5S. The van der Waals surface area contributed by atoms with Crippen molar-refractivity contribution in [3.63, 3.8) is 0 Å². The fourth-order valence-electron chi connectivity index (χ4n) is 4.44. The van der Waals surface area contributed by atoms with Gasteiger partial charge in [-0.25, -0.2) is 8.42 Å². The Morgan fingerprint density at radius 2 is 1.82 bits per heavy atom. The quantitative estimate of drug-likeness (QED) is 0.460. The van der Waals surface area contributed by atoms with Crippen LogP contribution in [0.15, 0.2) is 71.1 Å². The number of amides is 1. The highest BCUT2D eigenvalue weighted by Gasteiger charge is 2.35. The smallest absolute Gasteiger partial charge is 0.246 e. The second-order valence-corrected chi connectivity index (χ2v) is 10.4. The molecular weight excluding hydrogens is 440 g/mol. The van der Waals surface area contributed by atoms with Crippen LogP contribution in [-0.4, -0.2) is 45.5 Å². The predicted octanol–water partition coefficient (Wildman–Crippen LogP) is 4.23. The van der Waals surface area contributed by atoms with Gasteiger partial charge in [0.05, 0.1) is 36.9 Å². The van der Waals surface area contributed by atoms with E-state index in [-0.39, 0.29) is 30.0 Å². The Morgan fingerprint density at radius 3 is 2.55 bits per heavy atom. The molecule has 2 heterocycles. The number of nitrogens with zero attached hydrogens (tertiary/aromatic N) is 1. The normalized spacial score (nSPS) is 17.3. The molecule has 33 heavy (non-hydrogen) atoms. The van der Waals surface area contributed by atoms with Crippen molar-refractivity contribution in [1.82, 2.24) is 0 Å². The van der Waals surface area contributed by atoms with Gasteiger partial charge in [0.1, 0.15) is 16.9 Å². The van der Waals surface area contributed by atoms with Gasteiger partial charge in [-0.2, -0.15) is 0 Å². The molecule has 170 valence electrons. The van der Waals surface area contributed by atoms with Crippen LogP contribution in [0.25, 0.3) is 21.9 Å². The maximum Gasteiger partial charge on any atom is 0.246 e. The van der Waals surface area contributed by atoms with E-state index in [4.69, 9.17) is 9.15 Å². The molecule has 1 aromatic heterocycles. The van der Waals surface area contributed by atoms with E-state index in [2.05, 4.69) is 5.32 Å². The number of hydrogen-bond acceptors (Lipinski definition) is 6. The lowest BCUT2D eigenvalue weighted by Gasteiger charge is -2.28. The molecule has 0 radical (unpaired) electrons. The highest BCUT2D eigenvalue weighted by atomic mass is 32.2. The maximum absolute atomic E-state index is 13.3. The van der Waals surface area contributed by atoms with E-state index in [0.29, 0.717) is 29.1 Å². The molecule has 4 aromatic rings. The predicted molar refractivity (Wildman–Crippen MR) is 130 cm³/mol. The zero-order valence-electron chi connectivity index (χ0n) is 18.2. The first-order valence-corrected chi connectivity index (χ1v) is 12.6. The third-order valence-corrected chi connectivity index (χ3v) is 7.76. The monoisotopic (exact) mass is 464 g/mol. The second-order valence-electron chi connectivity index (χ2n) is 8.16. The zero-order chi connectivity index (χ0) is 23.0. The average Bonchev–Trinajstić information content (AvgIpc) is 3.36. The third kappa shape index (κ3) is 4.14. The van der Waals surface area contributed by atoms with E-state index in [1.165, 1.54) is 0 Å². The first kappa shape index (κ1) is 21.3.